The Balaban J connectivity index is 1.55. The SMILES string of the molecule is OC(c1ccc(-n2cc(-c3ccc(N4CCSCC4)cc3)cn2)cc1)(C(F)(F)F)C(F)(F)F. The van der Waals surface area contributed by atoms with Gasteiger partial charge in [-0.2, -0.15) is 43.2 Å². The zero-order valence-electron chi connectivity index (χ0n) is 17.1. The van der Waals surface area contributed by atoms with Crippen LogP contribution in [0.1, 0.15) is 5.56 Å². The van der Waals surface area contributed by atoms with Crippen LogP contribution in [-0.4, -0.2) is 51.8 Å². The van der Waals surface area contributed by atoms with Gasteiger partial charge in [-0.05, 0) is 29.8 Å². The summed E-state index contributed by atoms with van der Waals surface area (Å²) in [7, 11) is 0. The van der Waals surface area contributed by atoms with Crippen molar-refractivity contribution in [2.24, 2.45) is 0 Å². The van der Waals surface area contributed by atoms with E-state index in [2.05, 4.69) is 10.00 Å². The molecule has 1 N–H and O–H groups in total. The van der Waals surface area contributed by atoms with Gasteiger partial charge in [-0.15, -0.1) is 0 Å². The van der Waals surface area contributed by atoms with Crippen molar-refractivity contribution in [3.8, 4) is 16.8 Å². The van der Waals surface area contributed by atoms with Gasteiger partial charge >= 0.3 is 12.4 Å². The quantitative estimate of drug-likeness (QED) is 0.500. The third-order valence-corrected chi connectivity index (χ3v) is 6.47. The summed E-state index contributed by atoms with van der Waals surface area (Å²) in [5, 5.41) is 13.7. The molecule has 0 radical (unpaired) electrons. The average molecular weight is 487 g/mol. The van der Waals surface area contributed by atoms with Crippen LogP contribution in [0.3, 0.4) is 0 Å². The fraction of sp³-hybridized carbons (Fsp3) is 0.318. The predicted octanol–water partition coefficient (Wildman–Crippen LogP) is 5.40. The van der Waals surface area contributed by atoms with Crippen molar-refractivity contribution in [1.29, 1.82) is 0 Å². The fourth-order valence-electron chi connectivity index (χ4n) is 3.64. The summed E-state index contributed by atoms with van der Waals surface area (Å²) in [6.07, 6.45) is -8.67. The van der Waals surface area contributed by atoms with E-state index in [1.807, 2.05) is 36.0 Å². The Morgan fingerprint density at radius 2 is 1.30 bits per heavy atom. The lowest BCUT2D eigenvalue weighted by Crippen LogP contribution is -2.53. The van der Waals surface area contributed by atoms with E-state index in [9.17, 15) is 31.4 Å². The van der Waals surface area contributed by atoms with E-state index in [1.165, 1.54) is 4.68 Å². The van der Waals surface area contributed by atoms with E-state index >= 15 is 0 Å². The van der Waals surface area contributed by atoms with Crippen LogP contribution in [0.25, 0.3) is 16.8 Å². The summed E-state index contributed by atoms with van der Waals surface area (Å²) < 4.78 is 79.7. The molecular formula is C22H19F6N3OS. The van der Waals surface area contributed by atoms with Gasteiger partial charge in [0.1, 0.15) is 0 Å². The molecule has 0 bridgehead atoms. The third kappa shape index (κ3) is 4.43. The number of benzene rings is 2. The number of hydrogen-bond donors (Lipinski definition) is 1. The van der Waals surface area contributed by atoms with Crippen LogP contribution >= 0.6 is 11.8 Å². The first-order valence-electron chi connectivity index (χ1n) is 9.95. The van der Waals surface area contributed by atoms with Gasteiger partial charge in [0.15, 0.2) is 0 Å². The number of nitrogens with zero attached hydrogens (tertiary/aromatic N) is 3. The minimum Gasteiger partial charge on any atom is -0.370 e. The van der Waals surface area contributed by atoms with E-state index in [0.717, 1.165) is 53.5 Å². The third-order valence-electron chi connectivity index (χ3n) is 5.53. The van der Waals surface area contributed by atoms with Gasteiger partial charge in [-0.3, -0.25) is 0 Å². The lowest BCUT2D eigenvalue weighted by Gasteiger charge is -2.32. The minimum absolute atomic E-state index is 0.249. The van der Waals surface area contributed by atoms with E-state index in [-0.39, 0.29) is 5.69 Å². The van der Waals surface area contributed by atoms with Gasteiger partial charge in [0.05, 0.1) is 11.9 Å². The van der Waals surface area contributed by atoms with Crippen LogP contribution in [0, 0.1) is 0 Å². The average Bonchev–Trinajstić information content (AvgIpc) is 3.28. The minimum atomic E-state index is -5.93. The molecule has 1 saturated heterocycles. The molecule has 0 amide bonds. The molecule has 1 aliphatic heterocycles. The number of thioether (sulfide) groups is 1. The molecule has 11 heteroatoms. The van der Waals surface area contributed by atoms with Crippen LogP contribution in [0.5, 0.6) is 0 Å². The van der Waals surface area contributed by atoms with Crippen molar-refractivity contribution in [3.05, 3.63) is 66.5 Å². The second-order valence-electron chi connectivity index (χ2n) is 7.57. The largest absolute Gasteiger partial charge is 0.430 e. The van der Waals surface area contributed by atoms with E-state index in [1.54, 1.807) is 12.4 Å². The molecular weight excluding hydrogens is 468 g/mol. The molecule has 0 spiro atoms. The summed E-state index contributed by atoms with van der Waals surface area (Å²) in [6, 6.07) is 11.2. The molecule has 0 unspecified atom stereocenters. The van der Waals surface area contributed by atoms with Crippen LogP contribution < -0.4 is 4.90 Å². The Bertz CT molecular complexity index is 1070. The van der Waals surface area contributed by atoms with Crippen LogP contribution in [0.4, 0.5) is 32.0 Å². The van der Waals surface area contributed by atoms with Crippen molar-refractivity contribution < 1.29 is 31.4 Å². The molecule has 1 aliphatic rings. The predicted molar refractivity (Wildman–Crippen MR) is 115 cm³/mol. The first-order valence-corrected chi connectivity index (χ1v) is 11.1. The molecule has 3 aromatic rings. The Morgan fingerprint density at radius 3 is 1.85 bits per heavy atom. The fourth-order valence-corrected chi connectivity index (χ4v) is 4.55. The topological polar surface area (TPSA) is 41.3 Å². The number of hydrogen-bond acceptors (Lipinski definition) is 4. The maximum atomic E-state index is 13.1. The van der Waals surface area contributed by atoms with Crippen LogP contribution in [0.2, 0.25) is 0 Å². The number of aromatic nitrogens is 2. The lowest BCUT2D eigenvalue weighted by molar-refractivity contribution is -0.376. The Hall–Kier alpha value is -2.66. The van der Waals surface area contributed by atoms with E-state index in [0.29, 0.717) is 12.1 Å². The second-order valence-corrected chi connectivity index (χ2v) is 8.80. The Morgan fingerprint density at radius 1 is 0.758 bits per heavy atom. The Labute approximate surface area is 189 Å². The number of aliphatic hydroxyl groups is 1. The summed E-state index contributed by atoms with van der Waals surface area (Å²) >= 11 is 1.92. The monoisotopic (exact) mass is 487 g/mol. The van der Waals surface area contributed by atoms with Gasteiger partial charge < -0.3 is 10.0 Å². The van der Waals surface area contributed by atoms with Crippen molar-refractivity contribution >= 4 is 17.4 Å². The number of alkyl halides is 6. The molecule has 2 heterocycles. The first-order chi connectivity index (χ1) is 15.5. The number of halogens is 6. The second kappa shape index (κ2) is 8.60. The van der Waals surface area contributed by atoms with Gasteiger partial charge in [0.2, 0.25) is 0 Å². The van der Waals surface area contributed by atoms with Crippen molar-refractivity contribution in [1.82, 2.24) is 9.78 Å². The zero-order valence-corrected chi connectivity index (χ0v) is 17.9. The summed E-state index contributed by atoms with van der Waals surface area (Å²) in [6.45, 7) is 1.96. The summed E-state index contributed by atoms with van der Waals surface area (Å²) in [4.78, 5) is 2.30. The van der Waals surface area contributed by atoms with Gasteiger partial charge in [-0.1, -0.05) is 24.3 Å². The summed E-state index contributed by atoms with van der Waals surface area (Å²) in [5.74, 6) is 2.16. The number of anilines is 1. The maximum Gasteiger partial charge on any atom is 0.430 e. The zero-order chi connectivity index (χ0) is 23.9. The molecule has 33 heavy (non-hydrogen) atoms. The maximum absolute atomic E-state index is 13.1. The molecule has 1 aromatic heterocycles. The molecule has 0 aliphatic carbocycles. The molecule has 2 aromatic carbocycles. The van der Waals surface area contributed by atoms with E-state index < -0.39 is 23.5 Å². The van der Waals surface area contributed by atoms with Crippen molar-refractivity contribution in [3.63, 3.8) is 0 Å². The smallest absolute Gasteiger partial charge is 0.370 e. The highest BCUT2D eigenvalue weighted by atomic mass is 32.2. The highest BCUT2D eigenvalue weighted by molar-refractivity contribution is 7.99. The molecule has 0 saturated carbocycles. The van der Waals surface area contributed by atoms with Gasteiger partial charge in [-0.25, -0.2) is 4.68 Å². The van der Waals surface area contributed by atoms with Gasteiger partial charge in [0, 0.05) is 47.6 Å². The highest BCUT2D eigenvalue weighted by Gasteiger charge is 2.71. The van der Waals surface area contributed by atoms with Crippen LogP contribution in [-0.2, 0) is 5.60 Å². The first kappa shape index (κ1) is 23.5. The van der Waals surface area contributed by atoms with Gasteiger partial charge in [0.25, 0.3) is 5.60 Å². The van der Waals surface area contributed by atoms with Crippen molar-refractivity contribution in [2.45, 2.75) is 18.0 Å². The molecule has 4 nitrogen and oxygen atoms in total. The summed E-state index contributed by atoms with van der Waals surface area (Å²) in [5.41, 5.74) is -3.30. The molecule has 4 rings (SSSR count). The Kier molecular flexibility index (Phi) is 6.12. The molecule has 1 fully saturated rings. The number of rotatable bonds is 4. The highest BCUT2D eigenvalue weighted by Crippen LogP contribution is 2.50. The van der Waals surface area contributed by atoms with Crippen LogP contribution in [0.15, 0.2) is 60.9 Å². The normalized spacial score (nSPS) is 15.7. The van der Waals surface area contributed by atoms with Crippen molar-refractivity contribution in [2.75, 3.05) is 29.5 Å². The molecule has 0 atom stereocenters. The lowest BCUT2D eigenvalue weighted by atomic mass is 9.92. The molecule has 176 valence electrons. The van der Waals surface area contributed by atoms with E-state index in [4.69, 9.17) is 0 Å². The standard InChI is InChI=1S/C22H19F6N3OS/c23-21(24,25)20(32,22(26,27)28)17-3-7-19(8-4-17)31-14-16(13-29-31)15-1-5-18(6-2-15)30-9-11-33-12-10-30/h1-8,13-14,32H,9-12H2.